The van der Waals surface area contributed by atoms with E-state index in [0.29, 0.717) is 34.5 Å². The topological polar surface area (TPSA) is 63.6 Å². The van der Waals surface area contributed by atoms with Gasteiger partial charge in [0.2, 0.25) is 0 Å². The number of carbonyl (C=O) groups excluding carboxylic acids is 1. The molecule has 0 spiro atoms. The van der Waals surface area contributed by atoms with Gasteiger partial charge in [-0.1, -0.05) is 44.2 Å². The Hall–Kier alpha value is -2.96. The number of pyridine rings is 1. The molecule has 0 unspecified atom stereocenters. The molecule has 1 aliphatic rings. The molecule has 1 saturated heterocycles. The standard InChI is InChI=1S/C23H24N2O3.C3H9N.C2H6/c1-28-23(27)21-19(15-16-11-13-24-14-12-16)22(26)18-9-5-6-10-20(18)25(21)17-7-3-2-4-8-17;1-4(2)3;1-2/h2-10,16,24H,11-15H2,1H3;1-3H3;1-2H3. The van der Waals surface area contributed by atoms with Crippen LogP contribution in [0.5, 0.6) is 0 Å². The quantitative estimate of drug-likeness (QED) is 0.574. The molecule has 2 aromatic carbocycles. The van der Waals surface area contributed by atoms with Gasteiger partial charge in [-0.15, -0.1) is 0 Å². The van der Waals surface area contributed by atoms with Gasteiger partial charge in [0.05, 0.1) is 12.6 Å². The second-order valence-electron chi connectivity index (χ2n) is 8.58. The first-order valence-corrected chi connectivity index (χ1v) is 12.1. The summed E-state index contributed by atoms with van der Waals surface area (Å²) < 4.78 is 7.00. The van der Waals surface area contributed by atoms with Gasteiger partial charge < -0.3 is 19.5 Å². The van der Waals surface area contributed by atoms with Gasteiger partial charge in [-0.25, -0.2) is 4.79 Å². The number of ether oxygens (including phenoxy) is 1. The van der Waals surface area contributed by atoms with Gasteiger partial charge in [0.15, 0.2) is 5.43 Å². The highest BCUT2D eigenvalue weighted by Gasteiger charge is 2.26. The third-order valence-corrected chi connectivity index (χ3v) is 5.52. The maximum Gasteiger partial charge on any atom is 0.355 e. The molecule has 1 fully saturated rings. The van der Waals surface area contributed by atoms with Gasteiger partial charge in [-0.3, -0.25) is 4.79 Å². The van der Waals surface area contributed by atoms with Crippen molar-refractivity contribution in [3.63, 3.8) is 0 Å². The largest absolute Gasteiger partial charge is 0.464 e. The molecule has 1 aliphatic heterocycles. The summed E-state index contributed by atoms with van der Waals surface area (Å²) >= 11 is 0. The van der Waals surface area contributed by atoms with Crippen LogP contribution in [0.3, 0.4) is 0 Å². The summed E-state index contributed by atoms with van der Waals surface area (Å²) in [4.78, 5) is 28.3. The number of carbonyl (C=O) groups is 1. The smallest absolute Gasteiger partial charge is 0.355 e. The molecule has 0 atom stereocenters. The number of benzene rings is 2. The number of hydrogen-bond donors (Lipinski definition) is 1. The van der Waals surface area contributed by atoms with Crippen molar-refractivity contribution >= 4 is 16.9 Å². The lowest BCUT2D eigenvalue weighted by Crippen LogP contribution is -2.31. The monoisotopic (exact) mass is 465 g/mol. The molecule has 0 radical (unpaired) electrons. The molecule has 34 heavy (non-hydrogen) atoms. The van der Waals surface area contributed by atoms with Crippen LogP contribution in [0.15, 0.2) is 59.4 Å². The first-order chi connectivity index (χ1) is 16.4. The normalized spacial score (nSPS) is 13.5. The van der Waals surface area contributed by atoms with E-state index in [1.165, 1.54) is 7.11 Å². The summed E-state index contributed by atoms with van der Waals surface area (Å²) in [5.41, 5.74) is 2.39. The first-order valence-electron chi connectivity index (χ1n) is 12.1. The molecular weight excluding hydrogens is 426 g/mol. The zero-order valence-electron chi connectivity index (χ0n) is 21.4. The molecule has 6 heteroatoms. The van der Waals surface area contributed by atoms with Crippen LogP contribution in [0, 0.1) is 5.92 Å². The third kappa shape index (κ3) is 6.78. The Bertz CT molecular complexity index is 1100. The van der Waals surface area contributed by atoms with Crippen LogP contribution in [0.1, 0.15) is 42.7 Å². The summed E-state index contributed by atoms with van der Waals surface area (Å²) in [5.74, 6) is -0.0987. The predicted molar refractivity (Wildman–Crippen MR) is 141 cm³/mol. The highest BCUT2D eigenvalue weighted by Crippen LogP contribution is 2.26. The molecule has 0 aliphatic carbocycles. The van der Waals surface area contributed by atoms with Gasteiger partial charge in [0.25, 0.3) is 0 Å². The fourth-order valence-electron chi connectivity index (χ4n) is 4.11. The summed E-state index contributed by atoms with van der Waals surface area (Å²) in [6.07, 6.45) is 2.58. The summed E-state index contributed by atoms with van der Waals surface area (Å²) in [6.45, 7) is 5.89. The molecule has 0 bridgehead atoms. The third-order valence-electron chi connectivity index (χ3n) is 5.52. The van der Waals surface area contributed by atoms with E-state index in [9.17, 15) is 9.59 Å². The molecule has 2 heterocycles. The van der Waals surface area contributed by atoms with Crippen LogP contribution in [0.4, 0.5) is 0 Å². The number of piperidine rings is 1. The minimum Gasteiger partial charge on any atom is -0.464 e. The second kappa shape index (κ2) is 13.7. The average Bonchev–Trinajstić information content (AvgIpc) is 2.87. The van der Waals surface area contributed by atoms with E-state index in [1.54, 1.807) is 0 Å². The fraction of sp³-hybridized carbons (Fsp3) is 0.429. The summed E-state index contributed by atoms with van der Waals surface area (Å²) in [5, 5.41) is 3.98. The molecule has 1 aromatic heterocycles. The van der Waals surface area contributed by atoms with E-state index in [4.69, 9.17) is 4.74 Å². The van der Waals surface area contributed by atoms with Crippen molar-refractivity contribution in [3.8, 4) is 5.69 Å². The van der Waals surface area contributed by atoms with Gasteiger partial charge in [0, 0.05) is 16.6 Å². The zero-order valence-corrected chi connectivity index (χ0v) is 21.4. The Morgan fingerprint density at radius 2 is 1.56 bits per heavy atom. The minimum absolute atomic E-state index is 0.0679. The molecule has 0 amide bonds. The molecular formula is C28H39N3O3. The highest BCUT2D eigenvalue weighted by molar-refractivity contribution is 5.95. The lowest BCUT2D eigenvalue weighted by Gasteiger charge is -2.25. The van der Waals surface area contributed by atoms with Gasteiger partial charge in [-0.2, -0.15) is 0 Å². The van der Waals surface area contributed by atoms with Crippen molar-refractivity contribution in [2.45, 2.75) is 33.1 Å². The summed E-state index contributed by atoms with van der Waals surface area (Å²) in [6, 6.07) is 17.1. The minimum atomic E-state index is -0.476. The van der Waals surface area contributed by atoms with E-state index in [1.807, 2.05) is 99.1 Å². The Kier molecular flexibility index (Phi) is 11.0. The van der Waals surface area contributed by atoms with E-state index >= 15 is 0 Å². The van der Waals surface area contributed by atoms with Gasteiger partial charge >= 0.3 is 5.97 Å². The SMILES string of the molecule is CC.CN(C)C.COC(=O)c1c(CC2CCNCC2)c(=O)c2ccccc2n1-c1ccccc1. The molecule has 184 valence electrons. The zero-order chi connectivity index (χ0) is 25.1. The number of nitrogens with zero attached hydrogens (tertiary/aromatic N) is 2. The van der Waals surface area contributed by atoms with Crippen molar-refractivity contribution in [1.82, 2.24) is 14.8 Å². The Morgan fingerprint density at radius 1 is 1.00 bits per heavy atom. The average molecular weight is 466 g/mol. The lowest BCUT2D eigenvalue weighted by molar-refractivity contribution is 0.0589. The van der Waals surface area contributed by atoms with E-state index in [0.717, 1.165) is 31.6 Å². The number of methoxy groups -OCH3 is 1. The predicted octanol–water partition coefficient (Wildman–Crippen LogP) is 4.52. The highest BCUT2D eigenvalue weighted by atomic mass is 16.5. The summed E-state index contributed by atoms with van der Waals surface area (Å²) in [7, 11) is 7.37. The Morgan fingerprint density at radius 3 is 2.15 bits per heavy atom. The van der Waals surface area contributed by atoms with Crippen molar-refractivity contribution in [2.75, 3.05) is 41.3 Å². The number of fused-ring (bicyclic) bond motifs is 1. The van der Waals surface area contributed by atoms with Crippen molar-refractivity contribution in [1.29, 1.82) is 0 Å². The first kappa shape index (κ1) is 27.3. The van der Waals surface area contributed by atoms with Crippen molar-refractivity contribution in [2.24, 2.45) is 5.92 Å². The van der Waals surface area contributed by atoms with Crippen LogP contribution >= 0.6 is 0 Å². The van der Waals surface area contributed by atoms with Crippen molar-refractivity contribution in [3.05, 3.63) is 76.1 Å². The number of nitrogens with one attached hydrogen (secondary N) is 1. The van der Waals surface area contributed by atoms with Crippen LogP contribution in [-0.4, -0.2) is 56.8 Å². The van der Waals surface area contributed by atoms with E-state index < -0.39 is 5.97 Å². The maximum absolute atomic E-state index is 13.4. The van der Waals surface area contributed by atoms with Crippen molar-refractivity contribution < 1.29 is 9.53 Å². The number of aromatic nitrogens is 1. The number of para-hydroxylation sites is 2. The van der Waals surface area contributed by atoms with Gasteiger partial charge in [0.1, 0.15) is 5.69 Å². The van der Waals surface area contributed by atoms with Crippen LogP contribution in [0.2, 0.25) is 0 Å². The molecule has 4 rings (SSSR count). The Labute approximate surface area is 203 Å². The van der Waals surface area contributed by atoms with Crippen LogP contribution < -0.4 is 10.7 Å². The number of esters is 1. The van der Waals surface area contributed by atoms with E-state index in [-0.39, 0.29) is 5.43 Å². The number of hydrogen-bond acceptors (Lipinski definition) is 5. The second-order valence-corrected chi connectivity index (χ2v) is 8.58. The number of rotatable bonds is 4. The van der Waals surface area contributed by atoms with E-state index in [2.05, 4.69) is 5.32 Å². The maximum atomic E-state index is 13.4. The van der Waals surface area contributed by atoms with Crippen LogP contribution in [-0.2, 0) is 11.2 Å². The van der Waals surface area contributed by atoms with Crippen LogP contribution in [0.25, 0.3) is 16.6 Å². The lowest BCUT2D eigenvalue weighted by atomic mass is 9.89. The molecule has 6 nitrogen and oxygen atoms in total. The fourth-order valence-corrected chi connectivity index (χ4v) is 4.11. The van der Waals surface area contributed by atoms with Gasteiger partial charge in [-0.05, 0) is 83.7 Å². The Balaban J connectivity index is 0.000000618. The molecule has 1 N–H and O–H groups in total. The molecule has 0 saturated carbocycles. The molecule has 3 aromatic rings.